The van der Waals surface area contributed by atoms with E-state index in [0.717, 1.165) is 5.56 Å². The Bertz CT molecular complexity index is 593. The molecule has 94 valence electrons. The van der Waals surface area contributed by atoms with E-state index in [1.807, 2.05) is 0 Å². The smallest absolute Gasteiger partial charge is 0.374 e. The Kier molecular flexibility index (Phi) is 3.10. The van der Waals surface area contributed by atoms with E-state index in [1.54, 1.807) is 31.2 Å². The summed E-state index contributed by atoms with van der Waals surface area (Å²) in [6.07, 6.45) is -2.99. The minimum Gasteiger partial charge on any atom is -0.475 e. The first-order valence-electron chi connectivity index (χ1n) is 5.09. The van der Waals surface area contributed by atoms with Gasteiger partial charge in [0.2, 0.25) is 11.7 Å². The predicted molar refractivity (Wildman–Crippen MR) is 58.6 cm³/mol. The van der Waals surface area contributed by atoms with Gasteiger partial charge in [-0.3, -0.25) is 0 Å². The third-order valence-corrected chi connectivity index (χ3v) is 2.43. The highest BCUT2D eigenvalue weighted by atomic mass is 19.3. The fraction of sp³-hybridized carbons (Fsp3) is 0.167. The zero-order valence-corrected chi connectivity index (χ0v) is 9.35. The van der Waals surface area contributed by atoms with Gasteiger partial charge in [0.25, 0.3) is 6.43 Å². The summed E-state index contributed by atoms with van der Waals surface area (Å²) in [4.78, 5) is 14.4. The van der Waals surface area contributed by atoms with E-state index in [0.29, 0.717) is 5.56 Å². The van der Waals surface area contributed by atoms with Crippen molar-refractivity contribution in [3.8, 4) is 11.5 Å². The van der Waals surface area contributed by atoms with Gasteiger partial charge in [0, 0.05) is 5.56 Å². The summed E-state index contributed by atoms with van der Waals surface area (Å²) in [7, 11) is 0. The van der Waals surface area contributed by atoms with Gasteiger partial charge in [-0.1, -0.05) is 18.2 Å². The molecule has 2 rings (SSSR count). The Hall–Kier alpha value is -2.24. The summed E-state index contributed by atoms with van der Waals surface area (Å²) in [5, 5.41) is 8.78. The average Bonchev–Trinajstić information content (AvgIpc) is 2.74. The van der Waals surface area contributed by atoms with Gasteiger partial charge in [-0.05, 0) is 18.6 Å². The van der Waals surface area contributed by atoms with Gasteiger partial charge in [0.15, 0.2) is 5.69 Å². The monoisotopic (exact) mass is 253 g/mol. The minimum atomic E-state index is -2.99. The molecule has 0 amide bonds. The summed E-state index contributed by atoms with van der Waals surface area (Å²) in [5.41, 5.74) is 0.407. The van der Waals surface area contributed by atoms with E-state index in [1.165, 1.54) is 0 Å². The summed E-state index contributed by atoms with van der Waals surface area (Å²) in [5.74, 6) is -2.48. The van der Waals surface area contributed by atoms with Crippen molar-refractivity contribution in [3.05, 3.63) is 41.3 Å². The maximum Gasteiger partial charge on any atom is 0.374 e. The number of halogens is 2. The highest BCUT2D eigenvalue weighted by Gasteiger charge is 2.26. The van der Waals surface area contributed by atoms with Crippen molar-refractivity contribution in [1.82, 2.24) is 4.98 Å². The number of alkyl halides is 2. The molecule has 0 fully saturated rings. The lowest BCUT2D eigenvalue weighted by atomic mass is 10.1. The lowest BCUT2D eigenvalue weighted by Crippen LogP contribution is -1.99. The molecule has 0 aliphatic heterocycles. The Balaban J connectivity index is 2.57. The number of aryl methyl sites for hydroxylation is 1. The van der Waals surface area contributed by atoms with Crippen LogP contribution in [-0.2, 0) is 0 Å². The van der Waals surface area contributed by atoms with Crippen molar-refractivity contribution in [2.75, 3.05) is 0 Å². The Labute approximate surface area is 101 Å². The fourth-order valence-electron chi connectivity index (χ4n) is 1.56. The third-order valence-electron chi connectivity index (χ3n) is 2.43. The highest BCUT2D eigenvalue weighted by molar-refractivity contribution is 5.86. The molecule has 18 heavy (non-hydrogen) atoms. The molecule has 1 aromatic carbocycles. The molecule has 6 heteroatoms. The molecule has 0 spiro atoms. The van der Waals surface area contributed by atoms with Gasteiger partial charge in [0.05, 0.1) is 0 Å². The first kappa shape index (κ1) is 12.2. The number of oxazole rings is 1. The van der Waals surface area contributed by atoms with Crippen LogP contribution in [0.25, 0.3) is 11.5 Å². The van der Waals surface area contributed by atoms with Gasteiger partial charge in [-0.25, -0.2) is 18.6 Å². The summed E-state index contributed by atoms with van der Waals surface area (Å²) in [6, 6.07) is 6.84. The summed E-state index contributed by atoms with van der Waals surface area (Å²) < 4.78 is 30.2. The number of carboxylic acid groups (broad SMARTS) is 1. The molecule has 0 bridgehead atoms. The van der Waals surface area contributed by atoms with Crippen molar-refractivity contribution in [1.29, 1.82) is 0 Å². The van der Waals surface area contributed by atoms with Crippen LogP contribution in [0.1, 0.15) is 28.2 Å². The topological polar surface area (TPSA) is 63.3 Å². The SMILES string of the molecule is Cc1ccccc1-c1nc(C(F)F)c(C(=O)O)o1. The molecule has 0 atom stereocenters. The predicted octanol–water partition coefficient (Wildman–Crippen LogP) is 3.29. The minimum absolute atomic E-state index is 0.110. The van der Waals surface area contributed by atoms with E-state index in [2.05, 4.69) is 4.98 Å². The molecule has 0 unspecified atom stereocenters. The van der Waals surface area contributed by atoms with Crippen LogP contribution in [0.15, 0.2) is 28.7 Å². The van der Waals surface area contributed by atoms with Gasteiger partial charge >= 0.3 is 5.97 Å². The first-order valence-corrected chi connectivity index (χ1v) is 5.09. The molecule has 1 aromatic heterocycles. The van der Waals surface area contributed by atoms with Crippen LogP contribution >= 0.6 is 0 Å². The number of nitrogens with zero attached hydrogens (tertiary/aromatic N) is 1. The first-order chi connectivity index (χ1) is 8.50. The van der Waals surface area contributed by atoms with Crippen molar-refractivity contribution in [3.63, 3.8) is 0 Å². The second kappa shape index (κ2) is 4.56. The molecule has 0 radical (unpaired) electrons. The molecule has 1 heterocycles. The Morgan fingerprint density at radius 1 is 1.39 bits per heavy atom. The zero-order valence-electron chi connectivity index (χ0n) is 9.35. The maximum absolute atomic E-state index is 12.6. The molecule has 0 saturated carbocycles. The Morgan fingerprint density at radius 3 is 2.56 bits per heavy atom. The fourth-order valence-corrected chi connectivity index (χ4v) is 1.56. The number of aromatic carboxylic acids is 1. The number of carbonyl (C=O) groups is 1. The molecular weight excluding hydrogens is 244 g/mol. The van der Waals surface area contributed by atoms with Crippen molar-refractivity contribution in [2.45, 2.75) is 13.3 Å². The molecule has 0 saturated heterocycles. The van der Waals surface area contributed by atoms with Crippen LogP contribution in [0.5, 0.6) is 0 Å². The van der Waals surface area contributed by atoms with E-state index in [9.17, 15) is 13.6 Å². The molecule has 0 aliphatic rings. The number of carboxylic acids is 1. The second-order valence-electron chi connectivity index (χ2n) is 3.65. The van der Waals surface area contributed by atoms with E-state index >= 15 is 0 Å². The van der Waals surface area contributed by atoms with Crippen LogP contribution in [0, 0.1) is 6.92 Å². The van der Waals surface area contributed by atoms with Crippen molar-refractivity contribution in [2.24, 2.45) is 0 Å². The lowest BCUT2D eigenvalue weighted by molar-refractivity contribution is 0.0647. The molecule has 1 N–H and O–H groups in total. The van der Waals surface area contributed by atoms with E-state index < -0.39 is 23.8 Å². The highest BCUT2D eigenvalue weighted by Crippen LogP contribution is 2.29. The number of hydrogen-bond acceptors (Lipinski definition) is 3. The van der Waals surface area contributed by atoms with E-state index in [4.69, 9.17) is 9.52 Å². The largest absolute Gasteiger partial charge is 0.475 e. The second-order valence-corrected chi connectivity index (χ2v) is 3.65. The third kappa shape index (κ3) is 2.09. The number of benzene rings is 1. The lowest BCUT2D eigenvalue weighted by Gasteiger charge is -1.98. The summed E-state index contributed by atoms with van der Waals surface area (Å²) >= 11 is 0. The van der Waals surface area contributed by atoms with Gasteiger partial charge < -0.3 is 9.52 Å². The standard InChI is InChI=1S/C12H9F2NO3/c1-6-4-2-3-5-7(6)11-15-8(10(13)14)9(18-11)12(16)17/h2-5,10H,1H3,(H,16,17). The summed E-state index contributed by atoms with van der Waals surface area (Å²) in [6.45, 7) is 1.75. The number of aromatic nitrogens is 1. The van der Waals surface area contributed by atoms with Crippen LogP contribution in [0.2, 0.25) is 0 Å². The van der Waals surface area contributed by atoms with Crippen LogP contribution in [0.4, 0.5) is 8.78 Å². The molecule has 2 aromatic rings. The number of hydrogen-bond donors (Lipinski definition) is 1. The van der Waals surface area contributed by atoms with Gasteiger partial charge in [0.1, 0.15) is 0 Å². The maximum atomic E-state index is 12.6. The normalized spacial score (nSPS) is 10.9. The van der Waals surface area contributed by atoms with Crippen LogP contribution in [-0.4, -0.2) is 16.1 Å². The molecular formula is C12H9F2NO3. The quantitative estimate of drug-likeness (QED) is 0.911. The van der Waals surface area contributed by atoms with Gasteiger partial charge in [-0.15, -0.1) is 0 Å². The Morgan fingerprint density at radius 2 is 2.06 bits per heavy atom. The molecule has 0 aliphatic carbocycles. The zero-order chi connectivity index (χ0) is 13.3. The van der Waals surface area contributed by atoms with Crippen LogP contribution < -0.4 is 0 Å². The van der Waals surface area contributed by atoms with Crippen molar-refractivity contribution >= 4 is 5.97 Å². The number of rotatable bonds is 3. The van der Waals surface area contributed by atoms with E-state index in [-0.39, 0.29) is 5.89 Å². The van der Waals surface area contributed by atoms with Gasteiger partial charge in [-0.2, -0.15) is 0 Å². The molecule has 4 nitrogen and oxygen atoms in total. The van der Waals surface area contributed by atoms with Crippen LogP contribution in [0.3, 0.4) is 0 Å². The average molecular weight is 253 g/mol. The van der Waals surface area contributed by atoms with Crippen molar-refractivity contribution < 1.29 is 23.1 Å².